The van der Waals surface area contributed by atoms with E-state index in [0.29, 0.717) is 6.42 Å². The summed E-state index contributed by atoms with van der Waals surface area (Å²) in [5, 5.41) is 9.90. The summed E-state index contributed by atoms with van der Waals surface area (Å²) in [6, 6.07) is 1.32. The zero-order valence-electron chi connectivity index (χ0n) is 15.0. The minimum Gasteiger partial charge on any atom is -0.379 e. The van der Waals surface area contributed by atoms with Gasteiger partial charge in [0.2, 0.25) is 5.91 Å². The molecule has 0 bridgehead atoms. The molecule has 1 aromatic heterocycles. The van der Waals surface area contributed by atoms with Gasteiger partial charge in [-0.1, -0.05) is 19.3 Å². The smallest absolute Gasteiger partial charge is 0.237 e. The minimum atomic E-state index is -0.538. The first-order chi connectivity index (χ1) is 12.2. The molecular formula is C18H31N5O2. The predicted molar refractivity (Wildman–Crippen MR) is 96.1 cm³/mol. The summed E-state index contributed by atoms with van der Waals surface area (Å²) in [5.74, 6) is -0.0680. The number of aromatic amines is 1. The van der Waals surface area contributed by atoms with E-state index in [1.165, 1.54) is 32.1 Å². The van der Waals surface area contributed by atoms with Gasteiger partial charge in [0.25, 0.3) is 0 Å². The first-order valence-electron chi connectivity index (χ1n) is 9.49. The highest BCUT2D eigenvalue weighted by Crippen LogP contribution is 2.36. The van der Waals surface area contributed by atoms with Crippen LogP contribution in [0.15, 0.2) is 12.3 Å². The van der Waals surface area contributed by atoms with Crippen molar-refractivity contribution < 1.29 is 9.53 Å². The number of nitrogens with zero attached hydrogens (tertiary/aromatic N) is 2. The number of amides is 1. The van der Waals surface area contributed by atoms with Crippen LogP contribution in [0.4, 0.5) is 0 Å². The maximum atomic E-state index is 12.4. The van der Waals surface area contributed by atoms with Gasteiger partial charge in [-0.2, -0.15) is 5.10 Å². The van der Waals surface area contributed by atoms with Gasteiger partial charge in [-0.15, -0.1) is 0 Å². The molecule has 1 aromatic rings. The fourth-order valence-corrected chi connectivity index (χ4v) is 4.06. The first kappa shape index (κ1) is 18.4. The zero-order chi connectivity index (χ0) is 17.5. The Kier molecular flexibility index (Phi) is 6.45. The van der Waals surface area contributed by atoms with Gasteiger partial charge >= 0.3 is 0 Å². The highest BCUT2D eigenvalue weighted by molar-refractivity contribution is 5.81. The van der Waals surface area contributed by atoms with E-state index in [-0.39, 0.29) is 11.3 Å². The Morgan fingerprint density at radius 3 is 2.80 bits per heavy atom. The van der Waals surface area contributed by atoms with Crippen LogP contribution in [-0.2, 0) is 16.0 Å². The molecule has 2 heterocycles. The number of rotatable bonds is 7. The number of H-pyrrole nitrogens is 1. The SMILES string of the molecule is NC(Cc1ccn[nH]1)C(=O)NCC1(CN2CCOCC2)CCCCC1. The molecule has 1 saturated carbocycles. The number of carbonyl (C=O) groups is 1. The summed E-state index contributed by atoms with van der Waals surface area (Å²) in [5.41, 5.74) is 7.14. The lowest BCUT2D eigenvalue weighted by atomic mass is 9.73. The van der Waals surface area contributed by atoms with Gasteiger partial charge < -0.3 is 15.8 Å². The minimum absolute atomic E-state index is 0.0680. The van der Waals surface area contributed by atoms with Gasteiger partial charge in [0.05, 0.1) is 19.3 Å². The number of morpholine rings is 1. The van der Waals surface area contributed by atoms with Crippen LogP contribution in [0.3, 0.4) is 0 Å². The van der Waals surface area contributed by atoms with E-state index in [9.17, 15) is 4.79 Å². The van der Waals surface area contributed by atoms with Crippen molar-refractivity contribution in [3.63, 3.8) is 0 Å². The number of carbonyl (C=O) groups excluding carboxylic acids is 1. The van der Waals surface area contributed by atoms with Crippen LogP contribution in [-0.4, -0.2) is 66.4 Å². The van der Waals surface area contributed by atoms with E-state index >= 15 is 0 Å². The van der Waals surface area contributed by atoms with Crippen LogP contribution < -0.4 is 11.1 Å². The van der Waals surface area contributed by atoms with Crippen molar-refractivity contribution in [1.82, 2.24) is 20.4 Å². The van der Waals surface area contributed by atoms with Gasteiger partial charge in [-0.25, -0.2) is 0 Å². The largest absolute Gasteiger partial charge is 0.379 e. The van der Waals surface area contributed by atoms with Crippen molar-refractivity contribution in [3.05, 3.63) is 18.0 Å². The first-order valence-corrected chi connectivity index (χ1v) is 9.49. The standard InChI is InChI=1S/C18H31N5O2/c19-16(12-15-4-7-21-22-15)17(24)20-13-18(5-2-1-3-6-18)14-23-8-10-25-11-9-23/h4,7,16H,1-3,5-6,8-14,19H2,(H,20,24)(H,21,22). The van der Waals surface area contributed by atoms with Crippen molar-refractivity contribution in [1.29, 1.82) is 0 Å². The Balaban J connectivity index is 1.53. The molecule has 2 fully saturated rings. The number of nitrogens with two attached hydrogens (primary N) is 1. The maximum Gasteiger partial charge on any atom is 0.237 e. The van der Waals surface area contributed by atoms with Crippen LogP contribution in [0.2, 0.25) is 0 Å². The molecule has 140 valence electrons. The second-order valence-corrected chi connectivity index (χ2v) is 7.56. The van der Waals surface area contributed by atoms with Gasteiger partial charge in [0.15, 0.2) is 0 Å². The van der Waals surface area contributed by atoms with Gasteiger partial charge in [-0.05, 0) is 18.9 Å². The molecule has 25 heavy (non-hydrogen) atoms. The second kappa shape index (κ2) is 8.78. The molecule has 1 amide bonds. The molecule has 4 N–H and O–H groups in total. The maximum absolute atomic E-state index is 12.4. The molecule has 1 atom stereocenters. The van der Waals surface area contributed by atoms with Crippen LogP contribution in [0, 0.1) is 5.41 Å². The summed E-state index contributed by atoms with van der Waals surface area (Å²) in [7, 11) is 0. The van der Waals surface area contributed by atoms with Crippen molar-refractivity contribution in [2.75, 3.05) is 39.4 Å². The lowest BCUT2D eigenvalue weighted by Gasteiger charge is -2.42. The van der Waals surface area contributed by atoms with E-state index in [4.69, 9.17) is 10.5 Å². The molecular weight excluding hydrogens is 318 g/mol. The molecule has 0 spiro atoms. The van der Waals surface area contributed by atoms with Crippen LogP contribution >= 0.6 is 0 Å². The molecule has 7 nitrogen and oxygen atoms in total. The van der Waals surface area contributed by atoms with Crippen molar-refractivity contribution in [2.24, 2.45) is 11.1 Å². The number of nitrogens with one attached hydrogen (secondary N) is 2. The number of aromatic nitrogens is 2. The Hall–Kier alpha value is -1.44. The van der Waals surface area contributed by atoms with E-state index in [1.807, 2.05) is 6.07 Å². The van der Waals surface area contributed by atoms with E-state index < -0.39 is 6.04 Å². The number of ether oxygens (including phenoxy) is 1. The topological polar surface area (TPSA) is 96.3 Å². The summed E-state index contributed by atoms with van der Waals surface area (Å²) >= 11 is 0. The zero-order valence-corrected chi connectivity index (χ0v) is 15.0. The highest BCUT2D eigenvalue weighted by atomic mass is 16.5. The summed E-state index contributed by atoms with van der Waals surface area (Å²) in [4.78, 5) is 14.9. The third-order valence-electron chi connectivity index (χ3n) is 5.55. The van der Waals surface area contributed by atoms with Gasteiger partial charge in [-0.3, -0.25) is 14.8 Å². The monoisotopic (exact) mass is 349 g/mol. The van der Waals surface area contributed by atoms with Crippen LogP contribution in [0.1, 0.15) is 37.8 Å². The molecule has 7 heteroatoms. The molecule has 0 radical (unpaired) electrons. The van der Waals surface area contributed by atoms with Crippen LogP contribution in [0.5, 0.6) is 0 Å². The Morgan fingerprint density at radius 2 is 2.12 bits per heavy atom. The highest BCUT2D eigenvalue weighted by Gasteiger charge is 2.35. The number of hydrogen-bond donors (Lipinski definition) is 3. The summed E-state index contributed by atoms with van der Waals surface area (Å²) in [6.07, 6.45) is 8.33. The Morgan fingerprint density at radius 1 is 1.36 bits per heavy atom. The quantitative estimate of drug-likeness (QED) is 0.673. The fourth-order valence-electron chi connectivity index (χ4n) is 4.06. The molecule has 1 saturated heterocycles. The average Bonchev–Trinajstić information content (AvgIpc) is 3.14. The van der Waals surface area contributed by atoms with Gasteiger partial charge in [0, 0.05) is 49.9 Å². The predicted octanol–water partition coefficient (Wildman–Crippen LogP) is 0.678. The fraction of sp³-hybridized carbons (Fsp3) is 0.778. The summed E-state index contributed by atoms with van der Waals surface area (Å²) < 4.78 is 5.47. The third kappa shape index (κ3) is 5.26. The molecule has 2 aliphatic rings. The van der Waals surface area contributed by atoms with Crippen molar-refractivity contribution >= 4 is 5.91 Å². The molecule has 3 rings (SSSR count). The average molecular weight is 349 g/mol. The van der Waals surface area contributed by atoms with E-state index in [1.54, 1.807) is 6.20 Å². The lowest BCUT2D eigenvalue weighted by molar-refractivity contribution is -0.123. The summed E-state index contributed by atoms with van der Waals surface area (Å²) in [6.45, 7) is 5.39. The van der Waals surface area contributed by atoms with Crippen molar-refractivity contribution in [3.8, 4) is 0 Å². The van der Waals surface area contributed by atoms with E-state index in [2.05, 4.69) is 20.4 Å². The lowest BCUT2D eigenvalue weighted by Crippen LogP contribution is -2.51. The molecule has 1 aliphatic carbocycles. The van der Waals surface area contributed by atoms with Crippen LogP contribution in [0.25, 0.3) is 0 Å². The number of hydrogen-bond acceptors (Lipinski definition) is 5. The van der Waals surface area contributed by atoms with Gasteiger partial charge in [0.1, 0.15) is 0 Å². The van der Waals surface area contributed by atoms with Crippen molar-refractivity contribution in [2.45, 2.75) is 44.6 Å². The van der Waals surface area contributed by atoms with E-state index in [0.717, 1.165) is 45.1 Å². The Labute approximate surface area is 149 Å². The Bertz CT molecular complexity index is 522. The molecule has 1 aliphatic heterocycles. The molecule has 1 unspecified atom stereocenters. The second-order valence-electron chi connectivity index (χ2n) is 7.56. The molecule has 0 aromatic carbocycles. The normalized spacial score (nSPS) is 22.4. The third-order valence-corrected chi connectivity index (χ3v) is 5.55.